The molecule has 0 aliphatic heterocycles. The fourth-order valence-corrected chi connectivity index (χ4v) is 2.13. The Bertz CT molecular complexity index is 910. The number of rotatable bonds is 6. The molecular formula is C18H15F2N3O3. The molecule has 0 radical (unpaired) electrons. The van der Waals surface area contributed by atoms with E-state index >= 15 is 0 Å². The highest BCUT2D eigenvalue weighted by molar-refractivity contribution is 5.92. The van der Waals surface area contributed by atoms with Gasteiger partial charge in [-0.3, -0.25) is 4.79 Å². The lowest BCUT2D eigenvalue weighted by Crippen LogP contribution is -2.20. The summed E-state index contributed by atoms with van der Waals surface area (Å²) in [5.41, 5.74) is 0.612. The van der Waals surface area contributed by atoms with Crippen LogP contribution in [0, 0.1) is 11.6 Å². The van der Waals surface area contributed by atoms with Crippen LogP contribution in [-0.2, 0) is 11.2 Å². The van der Waals surface area contributed by atoms with Crippen LogP contribution in [0.15, 0.2) is 46.9 Å². The van der Waals surface area contributed by atoms with E-state index in [4.69, 9.17) is 9.15 Å². The number of carbonyl (C=O) groups excluding carboxylic acids is 1. The van der Waals surface area contributed by atoms with Gasteiger partial charge in [0.2, 0.25) is 11.8 Å². The van der Waals surface area contributed by atoms with Crippen molar-refractivity contribution in [3.8, 4) is 17.2 Å². The minimum Gasteiger partial charge on any atom is -0.484 e. The predicted molar refractivity (Wildman–Crippen MR) is 89.6 cm³/mol. The number of hydrogen-bond acceptors (Lipinski definition) is 5. The van der Waals surface area contributed by atoms with Crippen molar-refractivity contribution in [1.82, 2.24) is 10.2 Å². The number of hydrogen-bond donors (Lipinski definition) is 1. The van der Waals surface area contributed by atoms with Crippen LogP contribution in [0.25, 0.3) is 11.5 Å². The Balaban J connectivity index is 1.56. The Labute approximate surface area is 147 Å². The van der Waals surface area contributed by atoms with Crippen molar-refractivity contribution in [2.45, 2.75) is 13.3 Å². The molecule has 3 rings (SSSR count). The molecule has 2 aromatic carbocycles. The van der Waals surface area contributed by atoms with E-state index in [9.17, 15) is 13.6 Å². The number of halogens is 2. The molecule has 1 aromatic heterocycles. The molecule has 26 heavy (non-hydrogen) atoms. The van der Waals surface area contributed by atoms with Crippen molar-refractivity contribution in [2.24, 2.45) is 0 Å². The Morgan fingerprint density at radius 2 is 1.92 bits per heavy atom. The fourth-order valence-electron chi connectivity index (χ4n) is 2.13. The third-order valence-electron chi connectivity index (χ3n) is 3.45. The molecule has 8 heteroatoms. The standard InChI is InChI=1S/C18H15F2N3O3/c1-2-17-22-23-18(26-17)11-3-6-13(7-4-11)25-10-16(24)21-15-8-5-12(19)9-14(15)20/h3-9H,2,10H2,1H3,(H,21,24). The molecule has 1 N–H and O–H groups in total. The topological polar surface area (TPSA) is 77.2 Å². The number of aryl methyl sites for hydroxylation is 1. The highest BCUT2D eigenvalue weighted by atomic mass is 19.1. The van der Waals surface area contributed by atoms with Crippen molar-refractivity contribution >= 4 is 11.6 Å². The molecule has 0 bridgehead atoms. The first-order valence-electron chi connectivity index (χ1n) is 7.85. The van der Waals surface area contributed by atoms with Gasteiger partial charge >= 0.3 is 0 Å². The number of aromatic nitrogens is 2. The maximum Gasteiger partial charge on any atom is 0.262 e. The van der Waals surface area contributed by atoms with Gasteiger partial charge in [-0.05, 0) is 36.4 Å². The second-order valence-electron chi connectivity index (χ2n) is 5.34. The molecule has 134 valence electrons. The van der Waals surface area contributed by atoms with Crippen LogP contribution in [-0.4, -0.2) is 22.7 Å². The van der Waals surface area contributed by atoms with Crippen LogP contribution in [0.2, 0.25) is 0 Å². The largest absolute Gasteiger partial charge is 0.484 e. The van der Waals surface area contributed by atoms with Gasteiger partial charge in [0.1, 0.15) is 17.4 Å². The SMILES string of the molecule is CCc1nnc(-c2ccc(OCC(=O)Nc3ccc(F)cc3F)cc2)o1. The van der Waals surface area contributed by atoms with Gasteiger partial charge in [-0.25, -0.2) is 8.78 Å². The molecule has 0 saturated heterocycles. The van der Waals surface area contributed by atoms with Gasteiger partial charge in [0, 0.05) is 18.1 Å². The lowest BCUT2D eigenvalue weighted by molar-refractivity contribution is -0.118. The first-order valence-corrected chi connectivity index (χ1v) is 7.85. The Hall–Kier alpha value is -3.29. The second kappa shape index (κ2) is 7.73. The monoisotopic (exact) mass is 359 g/mol. The van der Waals surface area contributed by atoms with E-state index in [1.165, 1.54) is 0 Å². The molecule has 3 aromatic rings. The lowest BCUT2D eigenvalue weighted by atomic mass is 10.2. The highest BCUT2D eigenvalue weighted by Gasteiger charge is 2.10. The summed E-state index contributed by atoms with van der Waals surface area (Å²) in [5, 5.41) is 10.1. The average Bonchev–Trinajstić information content (AvgIpc) is 3.12. The molecule has 1 amide bonds. The maximum atomic E-state index is 13.5. The fraction of sp³-hybridized carbons (Fsp3) is 0.167. The van der Waals surface area contributed by atoms with Crippen molar-refractivity contribution in [1.29, 1.82) is 0 Å². The number of benzene rings is 2. The van der Waals surface area contributed by atoms with E-state index in [2.05, 4.69) is 15.5 Å². The quantitative estimate of drug-likeness (QED) is 0.728. The smallest absolute Gasteiger partial charge is 0.262 e. The summed E-state index contributed by atoms with van der Waals surface area (Å²) >= 11 is 0. The summed E-state index contributed by atoms with van der Waals surface area (Å²) in [6.45, 7) is 1.59. The van der Waals surface area contributed by atoms with Crippen molar-refractivity contribution in [3.63, 3.8) is 0 Å². The van der Waals surface area contributed by atoms with Gasteiger partial charge in [-0.2, -0.15) is 0 Å². The van der Waals surface area contributed by atoms with Crippen LogP contribution in [0.1, 0.15) is 12.8 Å². The maximum absolute atomic E-state index is 13.5. The van der Waals surface area contributed by atoms with Gasteiger partial charge in [-0.1, -0.05) is 6.92 Å². The molecule has 0 fully saturated rings. The first kappa shape index (κ1) is 17.5. The molecular weight excluding hydrogens is 344 g/mol. The Morgan fingerprint density at radius 1 is 1.15 bits per heavy atom. The zero-order chi connectivity index (χ0) is 18.5. The van der Waals surface area contributed by atoms with E-state index in [1.54, 1.807) is 24.3 Å². The Morgan fingerprint density at radius 3 is 2.58 bits per heavy atom. The number of nitrogens with one attached hydrogen (secondary N) is 1. The van der Waals surface area contributed by atoms with Crippen molar-refractivity contribution < 1.29 is 22.7 Å². The second-order valence-corrected chi connectivity index (χ2v) is 5.34. The van der Waals surface area contributed by atoms with Crippen LogP contribution in [0.4, 0.5) is 14.5 Å². The summed E-state index contributed by atoms with van der Waals surface area (Å²) in [5.74, 6) is -0.747. The molecule has 6 nitrogen and oxygen atoms in total. The average molecular weight is 359 g/mol. The number of nitrogens with zero attached hydrogens (tertiary/aromatic N) is 2. The molecule has 0 unspecified atom stereocenters. The van der Waals surface area contributed by atoms with Crippen LogP contribution >= 0.6 is 0 Å². The molecule has 0 spiro atoms. The third-order valence-corrected chi connectivity index (χ3v) is 3.45. The molecule has 0 aliphatic carbocycles. The number of anilines is 1. The number of amides is 1. The van der Waals surface area contributed by atoms with Crippen molar-refractivity contribution in [2.75, 3.05) is 11.9 Å². The normalized spacial score (nSPS) is 10.6. The minimum absolute atomic E-state index is 0.113. The summed E-state index contributed by atoms with van der Waals surface area (Å²) in [6.07, 6.45) is 0.651. The van der Waals surface area contributed by atoms with Gasteiger partial charge < -0.3 is 14.5 Å². The highest BCUT2D eigenvalue weighted by Crippen LogP contribution is 2.21. The summed E-state index contributed by atoms with van der Waals surface area (Å²) in [7, 11) is 0. The Kier molecular flexibility index (Phi) is 5.21. The van der Waals surface area contributed by atoms with E-state index < -0.39 is 17.5 Å². The van der Waals surface area contributed by atoms with E-state index in [-0.39, 0.29) is 12.3 Å². The summed E-state index contributed by atoms with van der Waals surface area (Å²) in [6, 6.07) is 9.64. The predicted octanol–water partition coefficient (Wildman–Crippen LogP) is 3.59. The van der Waals surface area contributed by atoms with E-state index in [0.717, 1.165) is 17.7 Å². The van der Waals surface area contributed by atoms with Crippen LogP contribution in [0.3, 0.4) is 0 Å². The minimum atomic E-state index is -0.853. The van der Waals surface area contributed by atoms with E-state index in [0.29, 0.717) is 30.0 Å². The zero-order valence-electron chi connectivity index (χ0n) is 13.8. The number of carbonyl (C=O) groups is 1. The third kappa shape index (κ3) is 4.21. The van der Waals surface area contributed by atoms with Crippen LogP contribution in [0.5, 0.6) is 5.75 Å². The van der Waals surface area contributed by atoms with Gasteiger partial charge in [0.05, 0.1) is 5.69 Å². The van der Waals surface area contributed by atoms with Gasteiger partial charge in [0.25, 0.3) is 5.91 Å². The first-order chi connectivity index (χ1) is 12.5. The lowest BCUT2D eigenvalue weighted by Gasteiger charge is -2.08. The van der Waals surface area contributed by atoms with Gasteiger partial charge in [0.15, 0.2) is 6.61 Å². The zero-order valence-corrected chi connectivity index (χ0v) is 13.8. The number of ether oxygens (including phenoxy) is 1. The molecule has 0 aliphatic rings. The summed E-state index contributed by atoms with van der Waals surface area (Å²) < 4.78 is 37.1. The van der Waals surface area contributed by atoms with Crippen LogP contribution < -0.4 is 10.1 Å². The van der Waals surface area contributed by atoms with Crippen molar-refractivity contribution in [3.05, 3.63) is 60.0 Å². The molecule has 0 atom stereocenters. The summed E-state index contributed by atoms with van der Waals surface area (Å²) in [4.78, 5) is 11.8. The van der Waals surface area contributed by atoms with Gasteiger partial charge in [-0.15, -0.1) is 10.2 Å². The molecule has 0 saturated carbocycles. The molecule has 1 heterocycles. The van der Waals surface area contributed by atoms with E-state index in [1.807, 2.05) is 6.92 Å².